The van der Waals surface area contributed by atoms with Gasteiger partial charge in [0.1, 0.15) is 11.6 Å². The topological polar surface area (TPSA) is 55.6 Å². The highest BCUT2D eigenvalue weighted by Crippen LogP contribution is 2.16. The standard InChI is InChI=1S/C16H14FN3O2/c1-11-9-20-8-2-3-14(16(20)18-11)19-15(21)10-22-13-6-4-12(17)5-7-13/h2-9H,10H2,1H3,(H,19,21). The molecule has 0 aliphatic carbocycles. The summed E-state index contributed by atoms with van der Waals surface area (Å²) in [7, 11) is 0. The summed E-state index contributed by atoms with van der Waals surface area (Å²) in [6.07, 6.45) is 3.74. The first-order valence-corrected chi connectivity index (χ1v) is 6.74. The molecule has 0 saturated heterocycles. The van der Waals surface area contributed by atoms with Crippen molar-refractivity contribution >= 4 is 17.2 Å². The fraction of sp³-hybridized carbons (Fsp3) is 0.125. The van der Waals surface area contributed by atoms with E-state index in [0.29, 0.717) is 17.1 Å². The Labute approximate surface area is 126 Å². The maximum absolute atomic E-state index is 12.8. The lowest BCUT2D eigenvalue weighted by molar-refractivity contribution is -0.118. The number of nitrogens with zero attached hydrogens (tertiary/aromatic N) is 2. The molecule has 2 heterocycles. The lowest BCUT2D eigenvalue weighted by Crippen LogP contribution is -2.20. The summed E-state index contributed by atoms with van der Waals surface area (Å²) in [5.74, 6) is -0.220. The normalized spacial score (nSPS) is 10.6. The predicted molar refractivity (Wildman–Crippen MR) is 80.5 cm³/mol. The van der Waals surface area contributed by atoms with Gasteiger partial charge in [-0.05, 0) is 43.3 Å². The molecule has 112 valence electrons. The number of hydrogen-bond donors (Lipinski definition) is 1. The lowest BCUT2D eigenvalue weighted by atomic mass is 10.3. The molecule has 0 radical (unpaired) electrons. The first-order valence-electron chi connectivity index (χ1n) is 6.74. The van der Waals surface area contributed by atoms with Crippen LogP contribution in [0.15, 0.2) is 48.8 Å². The Morgan fingerprint density at radius 1 is 1.32 bits per heavy atom. The predicted octanol–water partition coefficient (Wildman–Crippen LogP) is 2.80. The zero-order chi connectivity index (χ0) is 15.5. The van der Waals surface area contributed by atoms with Crippen molar-refractivity contribution in [2.45, 2.75) is 6.92 Å². The maximum atomic E-state index is 12.8. The summed E-state index contributed by atoms with van der Waals surface area (Å²) in [5, 5.41) is 2.76. The zero-order valence-corrected chi connectivity index (χ0v) is 11.9. The molecule has 5 nitrogen and oxygen atoms in total. The number of rotatable bonds is 4. The highest BCUT2D eigenvalue weighted by molar-refractivity contribution is 5.95. The van der Waals surface area contributed by atoms with Crippen LogP contribution in [0, 0.1) is 12.7 Å². The third-order valence-corrected chi connectivity index (χ3v) is 3.06. The Morgan fingerprint density at radius 3 is 2.86 bits per heavy atom. The van der Waals surface area contributed by atoms with Crippen LogP contribution in [-0.4, -0.2) is 21.9 Å². The average molecular weight is 299 g/mol. The van der Waals surface area contributed by atoms with E-state index in [-0.39, 0.29) is 18.3 Å². The van der Waals surface area contributed by atoms with Crippen LogP contribution < -0.4 is 10.1 Å². The SMILES string of the molecule is Cc1cn2cccc(NC(=O)COc3ccc(F)cc3)c2n1. The van der Waals surface area contributed by atoms with Gasteiger partial charge in [-0.15, -0.1) is 0 Å². The van der Waals surface area contributed by atoms with Gasteiger partial charge in [-0.3, -0.25) is 4.79 Å². The van der Waals surface area contributed by atoms with Crippen molar-refractivity contribution in [2.75, 3.05) is 11.9 Å². The fourth-order valence-corrected chi connectivity index (χ4v) is 2.10. The van der Waals surface area contributed by atoms with Crippen molar-refractivity contribution in [2.24, 2.45) is 0 Å². The highest BCUT2D eigenvalue weighted by Gasteiger charge is 2.08. The van der Waals surface area contributed by atoms with E-state index < -0.39 is 0 Å². The zero-order valence-electron chi connectivity index (χ0n) is 11.9. The van der Waals surface area contributed by atoms with Crippen molar-refractivity contribution in [3.8, 4) is 5.75 Å². The number of benzene rings is 1. The third-order valence-electron chi connectivity index (χ3n) is 3.06. The molecule has 1 aromatic carbocycles. The van der Waals surface area contributed by atoms with Crippen molar-refractivity contribution < 1.29 is 13.9 Å². The maximum Gasteiger partial charge on any atom is 0.262 e. The Hall–Kier alpha value is -2.89. The number of carbonyl (C=O) groups is 1. The molecule has 1 N–H and O–H groups in total. The largest absolute Gasteiger partial charge is 0.484 e. The minimum atomic E-state index is -0.349. The number of ether oxygens (including phenoxy) is 1. The summed E-state index contributed by atoms with van der Waals surface area (Å²) >= 11 is 0. The number of halogens is 1. The van der Waals surface area contributed by atoms with Crippen LogP contribution in [-0.2, 0) is 4.79 Å². The molecule has 3 aromatic rings. The van der Waals surface area contributed by atoms with Crippen molar-refractivity contribution in [3.05, 3.63) is 60.3 Å². The van der Waals surface area contributed by atoms with E-state index in [4.69, 9.17) is 4.74 Å². The second-order valence-electron chi connectivity index (χ2n) is 4.83. The van der Waals surface area contributed by atoms with Gasteiger partial charge < -0.3 is 14.5 Å². The molecular weight excluding hydrogens is 285 g/mol. The van der Waals surface area contributed by atoms with Gasteiger partial charge in [-0.2, -0.15) is 0 Å². The first kappa shape index (κ1) is 14.1. The molecule has 2 aromatic heterocycles. The number of imidazole rings is 1. The van der Waals surface area contributed by atoms with Crippen LogP contribution in [0.3, 0.4) is 0 Å². The number of aryl methyl sites for hydroxylation is 1. The highest BCUT2D eigenvalue weighted by atomic mass is 19.1. The van der Waals surface area contributed by atoms with E-state index in [0.717, 1.165) is 5.69 Å². The van der Waals surface area contributed by atoms with Gasteiger partial charge in [0.05, 0.1) is 11.4 Å². The minimum absolute atomic E-state index is 0.160. The van der Waals surface area contributed by atoms with Gasteiger partial charge in [-0.1, -0.05) is 0 Å². The molecule has 6 heteroatoms. The summed E-state index contributed by atoms with van der Waals surface area (Å²) in [6, 6.07) is 9.10. The van der Waals surface area contributed by atoms with E-state index in [2.05, 4.69) is 10.3 Å². The third kappa shape index (κ3) is 3.06. The van der Waals surface area contributed by atoms with Crippen LogP contribution >= 0.6 is 0 Å². The van der Waals surface area contributed by atoms with E-state index in [9.17, 15) is 9.18 Å². The molecule has 0 saturated carbocycles. The molecule has 0 unspecified atom stereocenters. The molecular formula is C16H14FN3O2. The molecule has 3 rings (SSSR count). The van der Waals surface area contributed by atoms with Crippen LogP contribution in [0.2, 0.25) is 0 Å². The van der Waals surface area contributed by atoms with Gasteiger partial charge >= 0.3 is 0 Å². The van der Waals surface area contributed by atoms with Gasteiger partial charge in [0.25, 0.3) is 5.91 Å². The quantitative estimate of drug-likeness (QED) is 0.806. The van der Waals surface area contributed by atoms with E-state index in [1.807, 2.05) is 29.8 Å². The minimum Gasteiger partial charge on any atom is -0.484 e. The second kappa shape index (κ2) is 5.85. The van der Waals surface area contributed by atoms with Crippen LogP contribution in [0.25, 0.3) is 5.65 Å². The fourth-order valence-electron chi connectivity index (χ4n) is 2.10. The van der Waals surface area contributed by atoms with Crippen LogP contribution in [0.4, 0.5) is 10.1 Å². The Balaban J connectivity index is 1.67. The van der Waals surface area contributed by atoms with Crippen molar-refractivity contribution in [1.82, 2.24) is 9.38 Å². The van der Waals surface area contributed by atoms with Gasteiger partial charge in [-0.25, -0.2) is 9.37 Å². The molecule has 22 heavy (non-hydrogen) atoms. The summed E-state index contributed by atoms with van der Waals surface area (Å²) in [6.45, 7) is 1.72. The Kier molecular flexibility index (Phi) is 3.74. The number of hydrogen-bond acceptors (Lipinski definition) is 3. The first-order chi connectivity index (χ1) is 10.6. The molecule has 0 spiro atoms. The summed E-state index contributed by atoms with van der Waals surface area (Å²) in [4.78, 5) is 16.3. The van der Waals surface area contributed by atoms with Gasteiger partial charge in [0.15, 0.2) is 12.3 Å². The molecule has 0 aliphatic heterocycles. The molecule has 0 atom stereocenters. The number of carbonyl (C=O) groups excluding carboxylic acids is 1. The van der Waals surface area contributed by atoms with Crippen molar-refractivity contribution in [1.29, 1.82) is 0 Å². The molecule has 0 fully saturated rings. The monoisotopic (exact) mass is 299 g/mol. The van der Waals surface area contributed by atoms with Gasteiger partial charge in [0.2, 0.25) is 0 Å². The van der Waals surface area contributed by atoms with Crippen molar-refractivity contribution in [3.63, 3.8) is 0 Å². The number of nitrogens with one attached hydrogen (secondary N) is 1. The second-order valence-corrected chi connectivity index (χ2v) is 4.83. The van der Waals surface area contributed by atoms with Gasteiger partial charge in [0, 0.05) is 12.4 Å². The van der Waals surface area contributed by atoms with E-state index >= 15 is 0 Å². The number of pyridine rings is 1. The Bertz CT molecular complexity index is 812. The molecule has 0 bridgehead atoms. The number of aromatic nitrogens is 2. The van der Waals surface area contributed by atoms with Crippen LogP contribution in [0.1, 0.15) is 5.69 Å². The number of anilines is 1. The lowest BCUT2D eigenvalue weighted by Gasteiger charge is -2.08. The molecule has 1 amide bonds. The van der Waals surface area contributed by atoms with E-state index in [1.54, 1.807) is 6.07 Å². The smallest absolute Gasteiger partial charge is 0.262 e. The van der Waals surface area contributed by atoms with E-state index in [1.165, 1.54) is 24.3 Å². The summed E-state index contributed by atoms with van der Waals surface area (Å²) < 4.78 is 19.9. The summed E-state index contributed by atoms with van der Waals surface area (Å²) in [5.41, 5.74) is 2.16. The van der Waals surface area contributed by atoms with Crippen LogP contribution in [0.5, 0.6) is 5.75 Å². The average Bonchev–Trinajstić information content (AvgIpc) is 2.88. The molecule has 0 aliphatic rings. The number of fused-ring (bicyclic) bond motifs is 1. The Morgan fingerprint density at radius 2 is 2.09 bits per heavy atom. The number of amides is 1.